The molecule has 0 aliphatic rings. The minimum atomic E-state index is -0.0726. The van der Waals surface area contributed by atoms with Gasteiger partial charge in [0.25, 0.3) is 0 Å². The van der Waals surface area contributed by atoms with Crippen molar-refractivity contribution in [2.45, 2.75) is 38.8 Å². The van der Waals surface area contributed by atoms with Gasteiger partial charge in [0.2, 0.25) is 0 Å². The van der Waals surface area contributed by atoms with Gasteiger partial charge in [0.05, 0.1) is 5.60 Å². The van der Waals surface area contributed by atoms with Crippen molar-refractivity contribution < 1.29 is 4.74 Å². The highest BCUT2D eigenvalue weighted by molar-refractivity contribution is 7.10. The van der Waals surface area contributed by atoms with Gasteiger partial charge >= 0.3 is 0 Å². The van der Waals surface area contributed by atoms with Crippen molar-refractivity contribution in [1.29, 1.82) is 0 Å². The van der Waals surface area contributed by atoms with E-state index in [0.717, 1.165) is 13.0 Å². The van der Waals surface area contributed by atoms with Gasteiger partial charge < -0.3 is 10.1 Å². The molecule has 0 fully saturated rings. The van der Waals surface area contributed by atoms with Crippen LogP contribution >= 0.6 is 11.3 Å². The summed E-state index contributed by atoms with van der Waals surface area (Å²) in [6.45, 7) is 7.39. The van der Waals surface area contributed by atoms with Crippen molar-refractivity contribution in [3.8, 4) is 0 Å². The Morgan fingerprint density at radius 1 is 1.53 bits per heavy atom. The van der Waals surface area contributed by atoms with Crippen molar-refractivity contribution in [1.82, 2.24) is 5.32 Å². The summed E-state index contributed by atoms with van der Waals surface area (Å²) in [6, 6.07) is 4.69. The van der Waals surface area contributed by atoms with Crippen LogP contribution in [0.25, 0.3) is 0 Å². The monoisotopic (exact) mass is 227 g/mol. The van der Waals surface area contributed by atoms with Gasteiger partial charge in [-0.3, -0.25) is 0 Å². The maximum atomic E-state index is 5.48. The molecule has 86 valence electrons. The van der Waals surface area contributed by atoms with Crippen molar-refractivity contribution in [3.63, 3.8) is 0 Å². The summed E-state index contributed by atoms with van der Waals surface area (Å²) >= 11 is 1.80. The molecule has 0 saturated heterocycles. The van der Waals surface area contributed by atoms with Crippen LogP contribution in [0.3, 0.4) is 0 Å². The first kappa shape index (κ1) is 12.7. The quantitative estimate of drug-likeness (QED) is 0.805. The zero-order valence-corrected chi connectivity index (χ0v) is 10.9. The van der Waals surface area contributed by atoms with Crippen molar-refractivity contribution in [2.24, 2.45) is 0 Å². The Balaban J connectivity index is 2.67. The molecule has 0 bridgehead atoms. The third-order valence-electron chi connectivity index (χ3n) is 2.59. The Kier molecular flexibility index (Phi) is 4.77. The molecule has 0 aliphatic heterocycles. The highest BCUT2D eigenvalue weighted by atomic mass is 32.1. The number of nitrogens with one attached hydrogen (secondary N) is 1. The standard InChI is InChI=1S/C12H21NOS/c1-5-13-10(9-12(2,3)14-4)11-7-6-8-15-11/h6-8,10,13H,5,9H2,1-4H3. The predicted molar refractivity (Wildman–Crippen MR) is 66.4 cm³/mol. The lowest BCUT2D eigenvalue weighted by atomic mass is 9.98. The Labute approximate surface area is 96.7 Å². The minimum Gasteiger partial charge on any atom is -0.379 e. The lowest BCUT2D eigenvalue weighted by Crippen LogP contribution is -2.31. The third-order valence-corrected chi connectivity index (χ3v) is 3.57. The summed E-state index contributed by atoms with van der Waals surface area (Å²) in [6.07, 6.45) is 0.998. The van der Waals surface area contributed by atoms with E-state index in [0.29, 0.717) is 6.04 Å². The fourth-order valence-corrected chi connectivity index (χ4v) is 2.39. The summed E-state index contributed by atoms with van der Waals surface area (Å²) < 4.78 is 5.48. The second-order valence-electron chi connectivity index (χ2n) is 4.29. The lowest BCUT2D eigenvalue weighted by molar-refractivity contribution is 0.00726. The first-order chi connectivity index (χ1) is 7.09. The van der Waals surface area contributed by atoms with E-state index in [1.165, 1.54) is 4.88 Å². The first-order valence-corrected chi connectivity index (χ1v) is 6.29. The summed E-state index contributed by atoms with van der Waals surface area (Å²) in [5.41, 5.74) is -0.0726. The maximum Gasteiger partial charge on any atom is 0.0641 e. The Hall–Kier alpha value is -0.380. The molecule has 3 heteroatoms. The van der Waals surface area contributed by atoms with E-state index >= 15 is 0 Å². The molecule has 0 aliphatic carbocycles. The SMILES string of the molecule is CCNC(CC(C)(C)OC)c1cccs1. The molecule has 2 nitrogen and oxygen atoms in total. The van der Waals surface area contributed by atoms with E-state index in [1.807, 2.05) is 0 Å². The summed E-state index contributed by atoms with van der Waals surface area (Å²) in [7, 11) is 1.78. The van der Waals surface area contributed by atoms with Gasteiger partial charge in [0.1, 0.15) is 0 Å². The van der Waals surface area contributed by atoms with Crippen molar-refractivity contribution >= 4 is 11.3 Å². The molecule has 0 amide bonds. The zero-order valence-electron chi connectivity index (χ0n) is 10.0. The number of hydrogen-bond donors (Lipinski definition) is 1. The van der Waals surface area contributed by atoms with E-state index in [1.54, 1.807) is 18.4 Å². The number of thiophene rings is 1. The highest BCUT2D eigenvalue weighted by Crippen LogP contribution is 2.28. The Morgan fingerprint density at radius 3 is 2.73 bits per heavy atom. The summed E-state index contributed by atoms with van der Waals surface area (Å²) in [5.74, 6) is 0. The van der Waals surface area contributed by atoms with E-state index in [2.05, 4.69) is 43.6 Å². The lowest BCUT2D eigenvalue weighted by Gasteiger charge is -2.28. The highest BCUT2D eigenvalue weighted by Gasteiger charge is 2.23. The largest absolute Gasteiger partial charge is 0.379 e. The molecule has 0 radical (unpaired) electrons. The molecule has 0 spiro atoms. The third kappa shape index (κ3) is 3.93. The molecule has 15 heavy (non-hydrogen) atoms. The number of ether oxygens (including phenoxy) is 1. The molecule has 1 atom stereocenters. The number of hydrogen-bond acceptors (Lipinski definition) is 3. The van der Waals surface area contributed by atoms with Gasteiger partial charge in [-0.25, -0.2) is 0 Å². The van der Waals surface area contributed by atoms with Crippen LogP contribution < -0.4 is 5.32 Å². The topological polar surface area (TPSA) is 21.3 Å². The molecule has 1 heterocycles. The number of rotatable bonds is 6. The van der Waals surface area contributed by atoms with E-state index in [4.69, 9.17) is 4.74 Å². The Morgan fingerprint density at radius 2 is 2.27 bits per heavy atom. The fraction of sp³-hybridized carbons (Fsp3) is 0.667. The molecular weight excluding hydrogens is 206 g/mol. The molecule has 1 aromatic rings. The van der Waals surface area contributed by atoms with Gasteiger partial charge in [-0.05, 0) is 38.3 Å². The van der Waals surface area contributed by atoms with Gasteiger partial charge in [0.15, 0.2) is 0 Å². The molecular formula is C12H21NOS. The second-order valence-corrected chi connectivity index (χ2v) is 5.27. The maximum absolute atomic E-state index is 5.48. The van der Waals surface area contributed by atoms with Crippen molar-refractivity contribution in [2.75, 3.05) is 13.7 Å². The second kappa shape index (κ2) is 5.64. The summed E-state index contributed by atoms with van der Waals surface area (Å²) in [4.78, 5) is 1.39. The van der Waals surface area contributed by atoms with E-state index in [-0.39, 0.29) is 5.60 Å². The fourth-order valence-electron chi connectivity index (χ4n) is 1.58. The van der Waals surface area contributed by atoms with Crippen LogP contribution in [0.4, 0.5) is 0 Å². The normalized spacial score (nSPS) is 14.1. The van der Waals surface area contributed by atoms with Crippen LogP contribution in [-0.2, 0) is 4.74 Å². The van der Waals surface area contributed by atoms with Gasteiger partial charge in [-0.15, -0.1) is 11.3 Å². The molecule has 0 saturated carbocycles. The van der Waals surface area contributed by atoms with Gasteiger partial charge in [-0.1, -0.05) is 13.0 Å². The molecule has 1 aromatic heterocycles. The van der Waals surface area contributed by atoms with Crippen LogP contribution in [0.2, 0.25) is 0 Å². The molecule has 1 rings (SSSR count). The average molecular weight is 227 g/mol. The summed E-state index contributed by atoms with van der Waals surface area (Å²) in [5, 5.41) is 5.63. The van der Waals surface area contributed by atoms with Gasteiger partial charge in [-0.2, -0.15) is 0 Å². The van der Waals surface area contributed by atoms with Crippen LogP contribution in [0.5, 0.6) is 0 Å². The molecule has 1 unspecified atom stereocenters. The molecule has 1 N–H and O–H groups in total. The van der Waals surface area contributed by atoms with Crippen LogP contribution in [0.1, 0.15) is 38.1 Å². The molecule has 0 aromatic carbocycles. The minimum absolute atomic E-state index is 0.0726. The Bertz CT molecular complexity index is 269. The smallest absolute Gasteiger partial charge is 0.0641 e. The van der Waals surface area contributed by atoms with E-state index < -0.39 is 0 Å². The zero-order chi connectivity index (χ0) is 11.3. The average Bonchev–Trinajstić information content (AvgIpc) is 2.70. The first-order valence-electron chi connectivity index (χ1n) is 5.41. The number of methoxy groups -OCH3 is 1. The van der Waals surface area contributed by atoms with Crippen molar-refractivity contribution in [3.05, 3.63) is 22.4 Å². The van der Waals surface area contributed by atoms with Crippen LogP contribution in [-0.4, -0.2) is 19.3 Å². The van der Waals surface area contributed by atoms with Crippen LogP contribution in [0, 0.1) is 0 Å². The van der Waals surface area contributed by atoms with Crippen LogP contribution in [0.15, 0.2) is 17.5 Å². The van der Waals surface area contributed by atoms with E-state index in [9.17, 15) is 0 Å². The van der Waals surface area contributed by atoms with Gasteiger partial charge in [0, 0.05) is 18.0 Å². The predicted octanol–water partition coefficient (Wildman–Crippen LogP) is 3.21.